The molecule has 0 aliphatic carbocycles. The quantitative estimate of drug-likeness (QED) is 0.914. The predicted molar refractivity (Wildman–Crippen MR) is 92.8 cm³/mol. The Balaban J connectivity index is 1.55. The largest absolute Gasteiger partial charge is 0.390 e. The number of imidazole rings is 1. The normalized spacial score (nSPS) is 16.8. The number of urea groups is 1. The van der Waals surface area contributed by atoms with Gasteiger partial charge >= 0.3 is 6.03 Å². The molecule has 0 saturated carbocycles. The van der Waals surface area contributed by atoms with Crippen LogP contribution in [0.3, 0.4) is 0 Å². The van der Waals surface area contributed by atoms with Crippen LogP contribution in [0.1, 0.15) is 25.6 Å². The molecule has 1 atom stereocenters. The minimum atomic E-state index is -0.143. The summed E-state index contributed by atoms with van der Waals surface area (Å²) in [6.07, 6.45) is 1.61. The summed E-state index contributed by atoms with van der Waals surface area (Å²) in [6, 6.07) is 7.80. The molecule has 0 unspecified atom stereocenters. The van der Waals surface area contributed by atoms with E-state index in [1.54, 1.807) is 11.9 Å². The number of rotatable bonds is 5. The molecule has 0 spiro atoms. The van der Waals surface area contributed by atoms with Crippen molar-refractivity contribution in [3.8, 4) is 0 Å². The minimum Gasteiger partial charge on any atom is -0.390 e. The van der Waals surface area contributed by atoms with Crippen LogP contribution in [0.5, 0.6) is 0 Å². The lowest BCUT2D eigenvalue weighted by Crippen LogP contribution is -2.41. The van der Waals surface area contributed by atoms with Crippen molar-refractivity contribution in [2.45, 2.75) is 32.4 Å². The molecule has 2 heterocycles. The highest BCUT2D eigenvalue weighted by Crippen LogP contribution is 2.15. The van der Waals surface area contributed by atoms with Crippen molar-refractivity contribution in [3.05, 3.63) is 30.1 Å². The van der Waals surface area contributed by atoms with Crippen LogP contribution in [0.4, 0.5) is 4.79 Å². The number of aryl methyl sites for hydroxylation is 1. The SMILES string of the molecule is CCC1=NO[C@H](CNC(=O)N(C)Cc2nc3ccccc3n2C)C1. The van der Waals surface area contributed by atoms with Gasteiger partial charge in [0.2, 0.25) is 0 Å². The van der Waals surface area contributed by atoms with Crippen molar-refractivity contribution in [1.29, 1.82) is 0 Å². The molecule has 1 aromatic heterocycles. The van der Waals surface area contributed by atoms with E-state index in [0.717, 1.165) is 35.4 Å². The third kappa shape index (κ3) is 3.34. The molecule has 0 fully saturated rings. The number of benzene rings is 1. The van der Waals surface area contributed by atoms with Gasteiger partial charge in [0.15, 0.2) is 0 Å². The molecular weight excluding hydrogens is 306 g/mol. The maximum atomic E-state index is 12.3. The van der Waals surface area contributed by atoms with E-state index in [1.807, 2.05) is 42.8 Å². The molecule has 7 nitrogen and oxygen atoms in total. The Bertz CT molecular complexity index is 767. The summed E-state index contributed by atoms with van der Waals surface area (Å²) in [5, 5.41) is 6.89. The Morgan fingerprint density at radius 3 is 2.96 bits per heavy atom. The summed E-state index contributed by atoms with van der Waals surface area (Å²) in [6.45, 7) is 2.95. The fraction of sp³-hybridized carbons (Fsp3) is 0.471. The Hall–Kier alpha value is -2.57. The van der Waals surface area contributed by atoms with Gasteiger partial charge in [0.25, 0.3) is 0 Å². The first-order valence-electron chi connectivity index (χ1n) is 8.19. The second-order valence-electron chi connectivity index (χ2n) is 6.06. The maximum absolute atomic E-state index is 12.3. The van der Waals surface area contributed by atoms with Gasteiger partial charge in [-0.25, -0.2) is 9.78 Å². The minimum absolute atomic E-state index is 0.0620. The third-order valence-electron chi connectivity index (χ3n) is 4.29. The number of para-hydroxylation sites is 2. The van der Waals surface area contributed by atoms with Crippen molar-refractivity contribution in [1.82, 2.24) is 19.8 Å². The Morgan fingerprint density at radius 1 is 1.46 bits per heavy atom. The first-order valence-corrected chi connectivity index (χ1v) is 8.19. The smallest absolute Gasteiger partial charge is 0.317 e. The monoisotopic (exact) mass is 329 g/mol. The standard InChI is InChI=1S/C17H23N5O2/c1-4-12-9-13(24-20-12)10-18-17(23)21(2)11-16-19-14-7-5-6-8-15(14)22(16)3/h5-8,13H,4,9-11H2,1-3H3,(H,18,23)/t13-/m0/s1. The Morgan fingerprint density at radius 2 is 2.25 bits per heavy atom. The molecule has 0 saturated heterocycles. The number of oxime groups is 1. The van der Waals surface area contributed by atoms with Crippen molar-refractivity contribution in [2.24, 2.45) is 12.2 Å². The van der Waals surface area contributed by atoms with Crippen LogP contribution in [-0.2, 0) is 18.4 Å². The summed E-state index contributed by atoms with van der Waals surface area (Å²) >= 11 is 0. The fourth-order valence-electron chi connectivity index (χ4n) is 2.76. The highest BCUT2D eigenvalue weighted by Gasteiger charge is 2.21. The molecule has 1 aromatic carbocycles. The van der Waals surface area contributed by atoms with Crippen LogP contribution < -0.4 is 5.32 Å². The first kappa shape index (κ1) is 16.3. The number of hydrogen-bond donors (Lipinski definition) is 1. The number of nitrogens with zero attached hydrogens (tertiary/aromatic N) is 4. The molecule has 1 aliphatic rings. The summed E-state index contributed by atoms with van der Waals surface area (Å²) in [5.41, 5.74) is 3.04. The van der Waals surface area contributed by atoms with Gasteiger partial charge in [-0.05, 0) is 18.6 Å². The Labute approximate surface area is 141 Å². The topological polar surface area (TPSA) is 71.8 Å². The fourth-order valence-corrected chi connectivity index (χ4v) is 2.76. The highest BCUT2D eigenvalue weighted by atomic mass is 16.6. The van der Waals surface area contributed by atoms with Gasteiger partial charge in [-0.15, -0.1) is 0 Å². The van der Waals surface area contributed by atoms with E-state index >= 15 is 0 Å². The second-order valence-corrected chi connectivity index (χ2v) is 6.06. The number of nitrogens with one attached hydrogen (secondary N) is 1. The van der Waals surface area contributed by atoms with E-state index in [4.69, 9.17) is 4.84 Å². The lowest BCUT2D eigenvalue weighted by Gasteiger charge is -2.18. The third-order valence-corrected chi connectivity index (χ3v) is 4.29. The van der Waals surface area contributed by atoms with E-state index < -0.39 is 0 Å². The van der Waals surface area contributed by atoms with E-state index in [0.29, 0.717) is 13.1 Å². The predicted octanol–water partition coefficient (Wildman–Crippen LogP) is 2.27. The molecule has 7 heteroatoms. The molecule has 0 radical (unpaired) electrons. The number of fused-ring (bicyclic) bond motifs is 1. The summed E-state index contributed by atoms with van der Waals surface area (Å²) in [5.74, 6) is 0.850. The average molecular weight is 329 g/mol. The zero-order valence-corrected chi connectivity index (χ0v) is 14.3. The number of carbonyl (C=O) groups is 1. The lowest BCUT2D eigenvalue weighted by molar-refractivity contribution is 0.0851. The molecule has 1 N–H and O–H groups in total. The lowest BCUT2D eigenvalue weighted by atomic mass is 10.1. The summed E-state index contributed by atoms with van der Waals surface area (Å²) in [4.78, 5) is 23.8. The van der Waals surface area contributed by atoms with Gasteiger partial charge in [-0.3, -0.25) is 0 Å². The van der Waals surface area contributed by atoms with E-state index in [2.05, 4.69) is 15.5 Å². The maximum Gasteiger partial charge on any atom is 0.317 e. The number of hydrogen-bond acceptors (Lipinski definition) is 4. The van der Waals surface area contributed by atoms with Gasteiger partial charge in [0.05, 0.1) is 29.8 Å². The van der Waals surface area contributed by atoms with Crippen LogP contribution in [0, 0.1) is 0 Å². The molecular formula is C17H23N5O2. The van der Waals surface area contributed by atoms with Gasteiger partial charge in [-0.2, -0.15) is 0 Å². The molecule has 3 rings (SSSR count). The molecule has 128 valence electrons. The molecule has 24 heavy (non-hydrogen) atoms. The van der Waals surface area contributed by atoms with E-state index in [-0.39, 0.29) is 12.1 Å². The van der Waals surface area contributed by atoms with Crippen molar-refractivity contribution >= 4 is 22.8 Å². The number of carbonyl (C=O) groups excluding carboxylic acids is 1. The van der Waals surface area contributed by atoms with E-state index in [9.17, 15) is 4.79 Å². The Kier molecular flexibility index (Phi) is 4.69. The number of aromatic nitrogens is 2. The zero-order chi connectivity index (χ0) is 17.1. The summed E-state index contributed by atoms with van der Waals surface area (Å²) in [7, 11) is 3.73. The van der Waals surface area contributed by atoms with Gasteiger partial charge in [0, 0.05) is 20.5 Å². The molecule has 2 aromatic rings. The van der Waals surface area contributed by atoms with Crippen LogP contribution in [0.15, 0.2) is 29.4 Å². The molecule has 1 aliphatic heterocycles. The highest BCUT2D eigenvalue weighted by molar-refractivity contribution is 5.85. The van der Waals surface area contributed by atoms with Crippen LogP contribution >= 0.6 is 0 Å². The molecule has 0 bridgehead atoms. The van der Waals surface area contributed by atoms with Crippen LogP contribution in [0.2, 0.25) is 0 Å². The van der Waals surface area contributed by atoms with Crippen molar-refractivity contribution in [2.75, 3.05) is 13.6 Å². The first-order chi connectivity index (χ1) is 11.6. The summed E-state index contributed by atoms with van der Waals surface area (Å²) < 4.78 is 2.01. The van der Waals surface area contributed by atoms with Crippen molar-refractivity contribution < 1.29 is 9.63 Å². The second kappa shape index (κ2) is 6.90. The van der Waals surface area contributed by atoms with Crippen molar-refractivity contribution in [3.63, 3.8) is 0 Å². The van der Waals surface area contributed by atoms with Gasteiger partial charge < -0.3 is 19.6 Å². The van der Waals surface area contributed by atoms with E-state index in [1.165, 1.54) is 0 Å². The van der Waals surface area contributed by atoms with Gasteiger partial charge in [-0.1, -0.05) is 24.2 Å². The average Bonchev–Trinajstić information content (AvgIpc) is 3.18. The van der Waals surface area contributed by atoms with Gasteiger partial charge in [0.1, 0.15) is 11.9 Å². The van der Waals surface area contributed by atoms with Crippen LogP contribution in [0.25, 0.3) is 11.0 Å². The number of amides is 2. The van der Waals surface area contributed by atoms with Crippen LogP contribution in [-0.4, -0.2) is 45.9 Å². The molecule has 2 amide bonds. The zero-order valence-electron chi connectivity index (χ0n) is 14.3.